The van der Waals surface area contributed by atoms with Crippen molar-refractivity contribution in [2.24, 2.45) is 0 Å². The van der Waals surface area contributed by atoms with Gasteiger partial charge in [-0.3, -0.25) is 9.40 Å². The number of hydrogen-bond donors (Lipinski definition) is 2. The molecule has 0 saturated carbocycles. The summed E-state index contributed by atoms with van der Waals surface area (Å²) in [6.45, 7) is 6.32. The zero-order chi connectivity index (χ0) is 14.9. The van der Waals surface area contributed by atoms with Crippen LogP contribution in [-0.4, -0.2) is 18.2 Å². The predicted octanol–water partition coefficient (Wildman–Crippen LogP) is 1.90. The van der Waals surface area contributed by atoms with Crippen LogP contribution in [0.4, 0.5) is 11.5 Å². The molecule has 6 nitrogen and oxygen atoms in total. The van der Waals surface area contributed by atoms with Crippen LogP contribution in [0, 0.1) is 13.8 Å². The molecule has 108 valence electrons. The summed E-state index contributed by atoms with van der Waals surface area (Å²) in [5, 5.41) is 3.94. The normalized spacial score (nSPS) is 11.6. The monoisotopic (exact) mass is 294 g/mol. The van der Waals surface area contributed by atoms with Crippen LogP contribution in [0.3, 0.4) is 0 Å². The third kappa shape index (κ3) is 2.77. The van der Waals surface area contributed by atoms with Gasteiger partial charge in [-0.1, -0.05) is 6.07 Å². The number of aromatic nitrogens is 2. The summed E-state index contributed by atoms with van der Waals surface area (Å²) >= 11 is 0. The molecule has 0 saturated heterocycles. The minimum absolute atomic E-state index is 0.00224. The number of nitrogens with zero attached hydrogens (tertiary/aromatic N) is 2. The quantitative estimate of drug-likeness (QED) is 0.901. The molecule has 0 atom stereocenters. The minimum Gasteiger partial charge on any atom is -0.381 e. The van der Waals surface area contributed by atoms with Crippen molar-refractivity contribution in [3.8, 4) is 0 Å². The molecule has 2 aromatic rings. The van der Waals surface area contributed by atoms with Gasteiger partial charge < -0.3 is 5.73 Å². The number of anilines is 2. The highest BCUT2D eigenvalue weighted by molar-refractivity contribution is 7.92. The van der Waals surface area contributed by atoms with Gasteiger partial charge >= 0.3 is 0 Å². The molecule has 0 radical (unpaired) electrons. The number of hydrogen-bond acceptors (Lipinski definition) is 4. The van der Waals surface area contributed by atoms with Crippen molar-refractivity contribution >= 4 is 21.5 Å². The first-order valence-corrected chi connectivity index (χ1v) is 7.75. The molecule has 0 aliphatic carbocycles. The standard InChI is InChI=1S/C13H18N4O2S/c1-4-17-8-12(13(14)15-17)20(18,19)16-11-6-5-9(2)10(3)7-11/h5-8,16H,4H2,1-3H3,(H2,14,15). The van der Waals surface area contributed by atoms with Crippen molar-refractivity contribution in [2.45, 2.75) is 32.2 Å². The highest BCUT2D eigenvalue weighted by atomic mass is 32.2. The second kappa shape index (κ2) is 5.16. The van der Waals surface area contributed by atoms with Gasteiger partial charge in [0.25, 0.3) is 10.0 Å². The number of nitrogens with two attached hydrogens (primary N) is 1. The van der Waals surface area contributed by atoms with E-state index in [9.17, 15) is 8.42 Å². The summed E-state index contributed by atoms with van der Waals surface area (Å²) in [5.41, 5.74) is 8.29. The smallest absolute Gasteiger partial charge is 0.267 e. The number of nitrogens with one attached hydrogen (secondary N) is 1. The summed E-state index contributed by atoms with van der Waals surface area (Å²) in [6.07, 6.45) is 1.43. The van der Waals surface area contributed by atoms with Crippen LogP contribution >= 0.6 is 0 Å². The van der Waals surface area contributed by atoms with Crippen molar-refractivity contribution in [1.29, 1.82) is 0 Å². The first-order valence-electron chi connectivity index (χ1n) is 6.26. The molecule has 0 aliphatic heterocycles. The third-order valence-corrected chi connectivity index (χ3v) is 4.53. The molecule has 0 amide bonds. The highest BCUT2D eigenvalue weighted by Crippen LogP contribution is 2.22. The summed E-state index contributed by atoms with van der Waals surface area (Å²) < 4.78 is 28.6. The molecular weight excluding hydrogens is 276 g/mol. The van der Waals surface area contributed by atoms with E-state index in [0.29, 0.717) is 12.2 Å². The predicted molar refractivity (Wildman–Crippen MR) is 79.0 cm³/mol. The topological polar surface area (TPSA) is 90.0 Å². The molecule has 20 heavy (non-hydrogen) atoms. The Morgan fingerprint density at radius 1 is 1.30 bits per heavy atom. The first kappa shape index (κ1) is 14.4. The van der Waals surface area contributed by atoms with Gasteiger partial charge in [-0.15, -0.1) is 0 Å². The summed E-state index contributed by atoms with van der Waals surface area (Å²) in [6, 6.07) is 5.37. The minimum atomic E-state index is -3.72. The largest absolute Gasteiger partial charge is 0.381 e. The Morgan fingerprint density at radius 3 is 2.55 bits per heavy atom. The number of aryl methyl sites for hydroxylation is 3. The van der Waals surface area contributed by atoms with Gasteiger partial charge in [0.15, 0.2) is 5.82 Å². The Bertz CT molecular complexity index is 735. The lowest BCUT2D eigenvalue weighted by Gasteiger charge is -2.08. The molecule has 7 heteroatoms. The molecule has 0 aliphatic rings. The van der Waals surface area contributed by atoms with E-state index >= 15 is 0 Å². The van der Waals surface area contributed by atoms with Crippen LogP contribution in [0.25, 0.3) is 0 Å². The van der Waals surface area contributed by atoms with Crippen LogP contribution in [0.2, 0.25) is 0 Å². The average molecular weight is 294 g/mol. The average Bonchev–Trinajstić information content (AvgIpc) is 2.76. The van der Waals surface area contributed by atoms with Crippen LogP contribution in [0.5, 0.6) is 0 Å². The fourth-order valence-corrected chi connectivity index (χ4v) is 2.93. The SMILES string of the molecule is CCn1cc(S(=O)(=O)Nc2ccc(C)c(C)c2)c(N)n1. The number of benzene rings is 1. The summed E-state index contributed by atoms with van der Waals surface area (Å²) in [5.74, 6) is 0.00295. The van der Waals surface area contributed by atoms with E-state index in [4.69, 9.17) is 5.73 Å². The third-order valence-electron chi connectivity index (χ3n) is 3.13. The lowest BCUT2D eigenvalue weighted by molar-refractivity contribution is 0.600. The van der Waals surface area contributed by atoms with Gasteiger partial charge in [0.05, 0.1) is 0 Å². The Labute approximate surface area is 118 Å². The van der Waals surface area contributed by atoms with Crippen molar-refractivity contribution in [2.75, 3.05) is 10.5 Å². The Balaban J connectivity index is 2.35. The second-order valence-corrected chi connectivity index (χ2v) is 6.29. The fraction of sp³-hybridized carbons (Fsp3) is 0.308. The summed E-state index contributed by atoms with van der Waals surface area (Å²) in [7, 11) is -3.72. The highest BCUT2D eigenvalue weighted by Gasteiger charge is 2.21. The molecule has 2 rings (SSSR count). The van der Waals surface area contributed by atoms with Crippen LogP contribution in [0.1, 0.15) is 18.1 Å². The molecule has 0 unspecified atom stereocenters. The van der Waals surface area contributed by atoms with Crippen LogP contribution < -0.4 is 10.5 Å². The number of sulfonamides is 1. The molecular formula is C13H18N4O2S. The van der Waals surface area contributed by atoms with Gasteiger partial charge in [-0.25, -0.2) is 8.42 Å². The van der Waals surface area contributed by atoms with Crippen molar-refractivity contribution in [3.05, 3.63) is 35.5 Å². The van der Waals surface area contributed by atoms with E-state index in [-0.39, 0.29) is 10.7 Å². The van der Waals surface area contributed by atoms with Crippen molar-refractivity contribution in [3.63, 3.8) is 0 Å². The maximum Gasteiger partial charge on any atom is 0.267 e. The zero-order valence-corrected chi connectivity index (χ0v) is 12.5. The van der Waals surface area contributed by atoms with E-state index in [2.05, 4.69) is 9.82 Å². The Kier molecular flexibility index (Phi) is 3.71. The lowest BCUT2D eigenvalue weighted by atomic mass is 10.1. The van der Waals surface area contributed by atoms with E-state index in [1.54, 1.807) is 12.1 Å². The van der Waals surface area contributed by atoms with E-state index in [0.717, 1.165) is 11.1 Å². The lowest BCUT2D eigenvalue weighted by Crippen LogP contribution is -2.14. The van der Waals surface area contributed by atoms with E-state index in [1.165, 1.54) is 10.9 Å². The second-order valence-electron chi connectivity index (χ2n) is 4.64. The maximum absolute atomic E-state index is 12.3. The first-order chi connectivity index (χ1) is 9.33. The van der Waals surface area contributed by atoms with Crippen LogP contribution in [-0.2, 0) is 16.6 Å². The number of rotatable bonds is 4. The van der Waals surface area contributed by atoms with Crippen molar-refractivity contribution < 1.29 is 8.42 Å². The van der Waals surface area contributed by atoms with E-state index in [1.807, 2.05) is 26.8 Å². The Hall–Kier alpha value is -2.02. The molecule has 1 aromatic heterocycles. The van der Waals surface area contributed by atoms with Gasteiger partial charge in [0, 0.05) is 18.4 Å². The molecule has 1 heterocycles. The van der Waals surface area contributed by atoms with Gasteiger partial charge in [-0.2, -0.15) is 5.10 Å². The summed E-state index contributed by atoms with van der Waals surface area (Å²) in [4.78, 5) is -0.00224. The molecule has 0 spiro atoms. The molecule has 0 fully saturated rings. The Morgan fingerprint density at radius 2 is 2.00 bits per heavy atom. The van der Waals surface area contributed by atoms with E-state index < -0.39 is 10.0 Å². The fourth-order valence-electron chi connectivity index (χ4n) is 1.80. The van der Waals surface area contributed by atoms with Gasteiger partial charge in [0.1, 0.15) is 4.90 Å². The van der Waals surface area contributed by atoms with Crippen LogP contribution in [0.15, 0.2) is 29.3 Å². The van der Waals surface area contributed by atoms with Gasteiger partial charge in [0.2, 0.25) is 0 Å². The maximum atomic E-state index is 12.3. The van der Waals surface area contributed by atoms with Crippen molar-refractivity contribution in [1.82, 2.24) is 9.78 Å². The number of nitrogen functional groups attached to an aromatic ring is 1. The zero-order valence-electron chi connectivity index (χ0n) is 11.7. The van der Waals surface area contributed by atoms with Gasteiger partial charge in [-0.05, 0) is 44.0 Å². The molecule has 1 aromatic carbocycles. The molecule has 3 N–H and O–H groups in total. The molecule has 0 bridgehead atoms.